The molecular formula is C49H29NOS2. The predicted octanol–water partition coefficient (Wildman–Crippen LogP) is 14.3. The van der Waals surface area contributed by atoms with Crippen molar-refractivity contribution in [1.29, 1.82) is 0 Å². The van der Waals surface area contributed by atoms with Crippen LogP contribution in [0.4, 0.5) is 17.1 Å². The van der Waals surface area contributed by atoms with E-state index < -0.39 is 5.41 Å². The van der Waals surface area contributed by atoms with Gasteiger partial charge in [-0.25, -0.2) is 0 Å². The number of hydrogen-bond acceptors (Lipinski definition) is 4. The number of furan rings is 1. The standard InChI is InChI=1S/C49H29NOS2/c1-2-14-30(15-3-1)50(40-22-13-27-46-48(40)32-17-5-9-24-43(32)52-46)39-21-12-23-41-47(39)34-28-33-31-16-4-6-18-35(31)49(38(33)29-42(34)51-41)36-19-7-10-25-44(36)53-45-26-11-8-20-37(45)49/h1-29H. The lowest BCUT2D eigenvalue weighted by atomic mass is 9.67. The molecule has 0 atom stereocenters. The van der Waals surface area contributed by atoms with Crippen LogP contribution in [0.5, 0.6) is 0 Å². The summed E-state index contributed by atoms with van der Waals surface area (Å²) in [5.74, 6) is 0. The molecule has 0 radical (unpaired) electrons. The van der Waals surface area contributed by atoms with Crippen molar-refractivity contribution in [3.8, 4) is 11.1 Å². The largest absolute Gasteiger partial charge is 0.456 e. The Labute approximate surface area is 314 Å². The second kappa shape index (κ2) is 11.0. The quantitative estimate of drug-likeness (QED) is 0.182. The number of hydrogen-bond donors (Lipinski definition) is 0. The van der Waals surface area contributed by atoms with Crippen molar-refractivity contribution in [2.45, 2.75) is 15.2 Å². The van der Waals surface area contributed by atoms with Gasteiger partial charge in [0.15, 0.2) is 0 Å². The maximum atomic E-state index is 6.96. The van der Waals surface area contributed by atoms with Gasteiger partial charge in [0.1, 0.15) is 11.2 Å². The normalized spacial score (nSPS) is 13.7. The maximum Gasteiger partial charge on any atom is 0.137 e. The molecule has 4 heteroatoms. The molecule has 12 rings (SSSR count). The van der Waals surface area contributed by atoms with E-state index in [1.54, 1.807) is 0 Å². The van der Waals surface area contributed by atoms with Crippen LogP contribution in [0.25, 0.3) is 53.2 Å². The van der Waals surface area contributed by atoms with Crippen LogP contribution in [-0.4, -0.2) is 0 Å². The van der Waals surface area contributed by atoms with Gasteiger partial charge < -0.3 is 9.32 Å². The summed E-state index contributed by atoms with van der Waals surface area (Å²) >= 11 is 3.73. The highest BCUT2D eigenvalue weighted by atomic mass is 32.2. The Hall–Kier alpha value is -6.07. The molecule has 248 valence electrons. The van der Waals surface area contributed by atoms with Crippen molar-refractivity contribution in [1.82, 2.24) is 0 Å². The van der Waals surface area contributed by atoms with Gasteiger partial charge in [-0.2, -0.15) is 0 Å². The Kier molecular flexibility index (Phi) is 6.11. The predicted molar refractivity (Wildman–Crippen MR) is 223 cm³/mol. The summed E-state index contributed by atoms with van der Waals surface area (Å²) in [5, 5.41) is 4.78. The van der Waals surface area contributed by atoms with E-state index in [0.717, 1.165) is 39.0 Å². The number of nitrogens with zero attached hydrogens (tertiary/aromatic N) is 1. The zero-order chi connectivity index (χ0) is 34.7. The first-order chi connectivity index (χ1) is 26.3. The summed E-state index contributed by atoms with van der Waals surface area (Å²) in [5.41, 5.74) is 12.5. The van der Waals surface area contributed by atoms with E-state index >= 15 is 0 Å². The van der Waals surface area contributed by atoms with Crippen molar-refractivity contribution >= 4 is 82.3 Å². The molecule has 3 heterocycles. The molecule has 1 aliphatic carbocycles. The number of thiophene rings is 1. The first-order valence-electron chi connectivity index (χ1n) is 18.0. The molecule has 0 saturated carbocycles. The number of anilines is 3. The summed E-state index contributed by atoms with van der Waals surface area (Å²) in [7, 11) is 0. The van der Waals surface area contributed by atoms with Gasteiger partial charge in [-0.3, -0.25) is 0 Å². The van der Waals surface area contributed by atoms with Crippen LogP contribution in [0.2, 0.25) is 0 Å². The first kappa shape index (κ1) is 29.5. The fourth-order valence-electron chi connectivity index (χ4n) is 9.26. The second-order valence-corrected chi connectivity index (χ2v) is 16.1. The smallest absolute Gasteiger partial charge is 0.137 e. The van der Waals surface area contributed by atoms with E-state index in [9.17, 15) is 0 Å². The minimum absolute atomic E-state index is 0.452. The highest BCUT2D eigenvalue weighted by Gasteiger charge is 2.50. The number of para-hydroxylation sites is 1. The third kappa shape index (κ3) is 3.94. The number of rotatable bonds is 3. The van der Waals surface area contributed by atoms with Crippen LogP contribution in [-0.2, 0) is 5.41 Å². The van der Waals surface area contributed by atoms with Crippen LogP contribution in [0.15, 0.2) is 190 Å². The molecule has 0 N–H and O–H groups in total. The average molecular weight is 712 g/mol. The highest BCUT2D eigenvalue weighted by molar-refractivity contribution is 7.99. The van der Waals surface area contributed by atoms with Crippen LogP contribution >= 0.6 is 23.1 Å². The Balaban J connectivity index is 1.18. The molecular weight excluding hydrogens is 683 g/mol. The molecule has 1 spiro atoms. The molecule has 53 heavy (non-hydrogen) atoms. The molecule has 0 saturated heterocycles. The molecule has 2 aromatic heterocycles. The fraction of sp³-hybridized carbons (Fsp3) is 0.0204. The third-order valence-electron chi connectivity index (χ3n) is 11.3. The molecule has 10 aromatic rings. The SMILES string of the molecule is c1ccc(N(c2cccc3oc4cc5c(cc4c23)-c2ccccc2C52c3ccccc3Sc3ccccc32)c2cccc3sc4ccccc4c23)cc1. The minimum Gasteiger partial charge on any atom is -0.456 e. The van der Waals surface area contributed by atoms with Crippen LogP contribution in [0, 0.1) is 0 Å². The van der Waals surface area contributed by atoms with Gasteiger partial charge in [0.2, 0.25) is 0 Å². The second-order valence-electron chi connectivity index (χ2n) is 14.0. The van der Waals surface area contributed by atoms with E-state index in [-0.39, 0.29) is 0 Å². The van der Waals surface area contributed by atoms with Crippen LogP contribution in [0.1, 0.15) is 22.3 Å². The molecule has 8 aromatic carbocycles. The number of fused-ring (bicyclic) bond motifs is 15. The summed E-state index contributed by atoms with van der Waals surface area (Å²) in [6.07, 6.45) is 0. The van der Waals surface area contributed by atoms with Gasteiger partial charge in [-0.15, -0.1) is 11.3 Å². The number of benzene rings is 8. The lowest BCUT2D eigenvalue weighted by molar-refractivity contribution is 0.664. The molecule has 2 nitrogen and oxygen atoms in total. The molecule has 0 amide bonds. The lowest BCUT2D eigenvalue weighted by Gasteiger charge is -2.39. The molecule has 0 fully saturated rings. The average Bonchev–Trinajstić information content (AvgIpc) is 3.87. The Morgan fingerprint density at radius 2 is 1.08 bits per heavy atom. The van der Waals surface area contributed by atoms with E-state index in [4.69, 9.17) is 4.42 Å². The maximum absolute atomic E-state index is 6.96. The first-order valence-corrected chi connectivity index (χ1v) is 19.6. The van der Waals surface area contributed by atoms with Crippen LogP contribution < -0.4 is 4.90 Å². The monoisotopic (exact) mass is 711 g/mol. The highest BCUT2D eigenvalue weighted by Crippen LogP contribution is 2.63. The lowest BCUT2D eigenvalue weighted by Crippen LogP contribution is -2.31. The van der Waals surface area contributed by atoms with Crippen molar-refractivity contribution in [3.63, 3.8) is 0 Å². The molecule has 2 aliphatic rings. The van der Waals surface area contributed by atoms with Gasteiger partial charge in [-0.05, 0) is 100 Å². The van der Waals surface area contributed by atoms with E-state index in [2.05, 4.69) is 181 Å². The van der Waals surface area contributed by atoms with E-state index in [1.807, 2.05) is 23.1 Å². The van der Waals surface area contributed by atoms with Crippen molar-refractivity contribution in [2.75, 3.05) is 4.90 Å². The third-order valence-corrected chi connectivity index (χ3v) is 13.6. The summed E-state index contributed by atoms with van der Waals surface area (Å²) in [6, 6.07) is 64.5. The van der Waals surface area contributed by atoms with Crippen molar-refractivity contribution in [3.05, 3.63) is 198 Å². The van der Waals surface area contributed by atoms with Gasteiger partial charge in [0.25, 0.3) is 0 Å². The molecule has 1 aliphatic heterocycles. The Morgan fingerprint density at radius 1 is 0.434 bits per heavy atom. The summed E-state index contributed by atoms with van der Waals surface area (Å²) < 4.78 is 9.53. The zero-order valence-corrected chi connectivity index (χ0v) is 30.0. The van der Waals surface area contributed by atoms with E-state index in [1.165, 1.54) is 63.3 Å². The minimum atomic E-state index is -0.452. The van der Waals surface area contributed by atoms with Crippen molar-refractivity contribution in [2.24, 2.45) is 0 Å². The fourth-order valence-corrected chi connectivity index (χ4v) is 11.6. The Morgan fingerprint density at radius 3 is 1.89 bits per heavy atom. The van der Waals surface area contributed by atoms with Gasteiger partial charge in [0, 0.05) is 41.0 Å². The van der Waals surface area contributed by atoms with Crippen molar-refractivity contribution < 1.29 is 4.42 Å². The Bertz CT molecular complexity index is 3070. The van der Waals surface area contributed by atoms with Gasteiger partial charge in [-0.1, -0.05) is 121 Å². The van der Waals surface area contributed by atoms with Gasteiger partial charge >= 0.3 is 0 Å². The van der Waals surface area contributed by atoms with Crippen LogP contribution in [0.3, 0.4) is 0 Å². The van der Waals surface area contributed by atoms with Gasteiger partial charge in [0.05, 0.1) is 22.2 Å². The topological polar surface area (TPSA) is 16.4 Å². The molecule has 0 bridgehead atoms. The zero-order valence-electron chi connectivity index (χ0n) is 28.4. The molecule has 0 unspecified atom stereocenters. The summed E-state index contributed by atoms with van der Waals surface area (Å²) in [6.45, 7) is 0. The van der Waals surface area contributed by atoms with E-state index in [0.29, 0.717) is 0 Å². The summed E-state index contributed by atoms with van der Waals surface area (Å²) in [4.78, 5) is 5.04.